The third-order valence-electron chi connectivity index (χ3n) is 2.94. The van der Waals surface area contributed by atoms with Crippen LogP contribution in [0.1, 0.15) is 12.5 Å². The Labute approximate surface area is 118 Å². The van der Waals surface area contributed by atoms with E-state index in [2.05, 4.69) is 9.71 Å². The van der Waals surface area contributed by atoms with Gasteiger partial charge in [0.2, 0.25) is 0 Å². The minimum atomic E-state index is -3.53. The van der Waals surface area contributed by atoms with E-state index < -0.39 is 10.0 Å². The monoisotopic (exact) mass is 294 g/mol. The number of aromatic nitrogens is 2. The minimum absolute atomic E-state index is 0.0525. The molecule has 0 bridgehead atoms. The lowest BCUT2D eigenvalue weighted by Gasteiger charge is -2.05. The first kappa shape index (κ1) is 14.5. The molecule has 0 amide bonds. The predicted octanol–water partition coefficient (Wildman–Crippen LogP) is 1.01. The van der Waals surface area contributed by atoms with Crippen molar-refractivity contribution >= 4 is 15.7 Å². The van der Waals surface area contributed by atoms with Gasteiger partial charge in [-0.3, -0.25) is 0 Å². The van der Waals surface area contributed by atoms with Crippen LogP contribution in [0.15, 0.2) is 41.8 Å². The topological polar surface area (TPSA) is 90.0 Å². The molecule has 0 fully saturated rings. The van der Waals surface area contributed by atoms with Crippen molar-refractivity contribution in [3.05, 3.63) is 42.4 Å². The summed E-state index contributed by atoms with van der Waals surface area (Å²) in [7, 11) is -3.53. The molecule has 3 N–H and O–H groups in total. The number of rotatable bonds is 6. The van der Waals surface area contributed by atoms with Crippen LogP contribution in [0.2, 0.25) is 0 Å². The average molecular weight is 294 g/mol. The summed E-state index contributed by atoms with van der Waals surface area (Å²) in [6, 6.07) is 7.37. The Morgan fingerprint density at radius 1 is 1.30 bits per heavy atom. The number of nitrogens with one attached hydrogen (secondary N) is 1. The number of nitrogens with two attached hydrogens (primary N) is 1. The molecule has 0 saturated heterocycles. The molecule has 6 nitrogen and oxygen atoms in total. The van der Waals surface area contributed by atoms with Gasteiger partial charge in [-0.25, -0.2) is 18.1 Å². The highest BCUT2D eigenvalue weighted by Gasteiger charge is 2.16. The highest BCUT2D eigenvalue weighted by molar-refractivity contribution is 7.89. The predicted molar refractivity (Wildman–Crippen MR) is 77.6 cm³/mol. The van der Waals surface area contributed by atoms with Gasteiger partial charge in [-0.15, -0.1) is 0 Å². The number of aryl methyl sites for hydroxylation is 1. The Morgan fingerprint density at radius 3 is 2.60 bits per heavy atom. The van der Waals surface area contributed by atoms with E-state index in [1.807, 2.05) is 19.1 Å². The molecule has 0 saturated carbocycles. The number of anilines is 1. The van der Waals surface area contributed by atoms with Crippen LogP contribution in [0, 0.1) is 0 Å². The van der Waals surface area contributed by atoms with E-state index in [1.54, 1.807) is 16.7 Å². The first-order chi connectivity index (χ1) is 9.51. The van der Waals surface area contributed by atoms with Gasteiger partial charge in [0.05, 0.1) is 6.33 Å². The first-order valence-electron chi connectivity index (χ1n) is 6.37. The van der Waals surface area contributed by atoms with Gasteiger partial charge in [0.25, 0.3) is 10.0 Å². The zero-order valence-electron chi connectivity index (χ0n) is 11.3. The second-order valence-electron chi connectivity index (χ2n) is 4.43. The van der Waals surface area contributed by atoms with Crippen LogP contribution >= 0.6 is 0 Å². The molecule has 1 aromatic heterocycles. The van der Waals surface area contributed by atoms with Crippen LogP contribution in [0.4, 0.5) is 5.69 Å². The fourth-order valence-electron chi connectivity index (χ4n) is 1.74. The van der Waals surface area contributed by atoms with Gasteiger partial charge in [-0.2, -0.15) is 0 Å². The number of benzene rings is 1. The van der Waals surface area contributed by atoms with Crippen molar-refractivity contribution in [2.24, 2.45) is 0 Å². The van der Waals surface area contributed by atoms with Crippen molar-refractivity contribution < 1.29 is 8.42 Å². The van der Waals surface area contributed by atoms with Crippen LogP contribution in [0.25, 0.3) is 0 Å². The first-order valence-corrected chi connectivity index (χ1v) is 7.85. The van der Waals surface area contributed by atoms with E-state index >= 15 is 0 Å². The third kappa shape index (κ3) is 3.58. The molecule has 0 radical (unpaired) electrons. The molecule has 7 heteroatoms. The van der Waals surface area contributed by atoms with Gasteiger partial charge in [0, 0.05) is 25.0 Å². The summed E-state index contributed by atoms with van der Waals surface area (Å²) in [4.78, 5) is 3.89. The summed E-state index contributed by atoms with van der Waals surface area (Å²) < 4.78 is 28.3. The maximum Gasteiger partial charge on any atom is 0.259 e. The van der Waals surface area contributed by atoms with E-state index in [-0.39, 0.29) is 5.03 Å². The Hall–Kier alpha value is -1.86. The molecular formula is C13H18N4O2S. The van der Waals surface area contributed by atoms with Gasteiger partial charge < -0.3 is 10.3 Å². The minimum Gasteiger partial charge on any atom is -0.399 e. The lowest BCUT2D eigenvalue weighted by Crippen LogP contribution is -2.26. The summed E-state index contributed by atoms with van der Waals surface area (Å²) in [5.41, 5.74) is 7.32. The fraction of sp³-hybridized carbons (Fsp3) is 0.308. The van der Waals surface area contributed by atoms with Crippen molar-refractivity contribution in [2.45, 2.75) is 24.9 Å². The van der Waals surface area contributed by atoms with Crippen molar-refractivity contribution in [2.75, 3.05) is 12.3 Å². The van der Waals surface area contributed by atoms with E-state index in [0.717, 1.165) is 5.56 Å². The normalized spacial score (nSPS) is 11.7. The van der Waals surface area contributed by atoms with Gasteiger partial charge in [-0.1, -0.05) is 12.1 Å². The van der Waals surface area contributed by atoms with Crippen molar-refractivity contribution in [3.8, 4) is 0 Å². The smallest absolute Gasteiger partial charge is 0.259 e. The number of sulfonamides is 1. The van der Waals surface area contributed by atoms with Gasteiger partial charge in [0.1, 0.15) is 0 Å². The molecule has 0 aliphatic heterocycles. The highest BCUT2D eigenvalue weighted by Crippen LogP contribution is 2.07. The maximum absolute atomic E-state index is 12.0. The van der Waals surface area contributed by atoms with Gasteiger partial charge in [0.15, 0.2) is 5.03 Å². The van der Waals surface area contributed by atoms with Crippen molar-refractivity contribution in [1.82, 2.24) is 14.3 Å². The highest BCUT2D eigenvalue weighted by atomic mass is 32.2. The molecule has 0 aliphatic rings. The van der Waals surface area contributed by atoms with E-state index in [1.165, 1.54) is 12.5 Å². The zero-order chi connectivity index (χ0) is 14.6. The van der Waals surface area contributed by atoms with Crippen LogP contribution in [0.5, 0.6) is 0 Å². The molecule has 2 rings (SSSR count). The molecule has 20 heavy (non-hydrogen) atoms. The number of nitrogen functional groups attached to an aromatic ring is 1. The standard InChI is InChI=1S/C13H18N4O2S/c1-2-17-9-13(15-10-17)20(18,19)16-8-7-11-3-5-12(14)6-4-11/h3-6,9-10,16H,2,7-8,14H2,1H3. The molecule has 0 unspecified atom stereocenters. The molecule has 0 aliphatic carbocycles. The van der Waals surface area contributed by atoms with E-state index in [9.17, 15) is 8.42 Å². The van der Waals surface area contributed by atoms with E-state index in [0.29, 0.717) is 25.2 Å². The summed E-state index contributed by atoms with van der Waals surface area (Å²) >= 11 is 0. The Morgan fingerprint density at radius 2 is 2.00 bits per heavy atom. The summed E-state index contributed by atoms with van der Waals surface area (Å²) in [5.74, 6) is 0. The van der Waals surface area contributed by atoms with E-state index in [4.69, 9.17) is 5.73 Å². The molecule has 108 valence electrons. The fourth-order valence-corrected chi connectivity index (χ4v) is 2.72. The lowest BCUT2D eigenvalue weighted by atomic mass is 10.1. The van der Waals surface area contributed by atoms with Crippen LogP contribution < -0.4 is 10.5 Å². The molecule has 1 heterocycles. The second-order valence-corrected chi connectivity index (χ2v) is 6.15. The van der Waals surface area contributed by atoms with Crippen LogP contribution in [-0.4, -0.2) is 24.5 Å². The van der Waals surface area contributed by atoms with Gasteiger partial charge >= 0.3 is 0 Å². The van der Waals surface area contributed by atoms with Crippen molar-refractivity contribution in [1.29, 1.82) is 0 Å². The third-order valence-corrected chi connectivity index (χ3v) is 4.28. The van der Waals surface area contributed by atoms with Gasteiger partial charge in [-0.05, 0) is 31.0 Å². The second kappa shape index (κ2) is 6.06. The maximum atomic E-state index is 12.0. The lowest BCUT2D eigenvalue weighted by molar-refractivity contribution is 0.578. The van der Waals surface area contributed by atoms with Crippen LogP contribution in [0.3, 0.4) is 0 Å². The summed E-state index contributed by atoms with van der Waals surface area (Å²) in [6.45, 7) is 2.94. The number of hydrogen-bond donors (Lipinski definition) is 2. The Balaban J connectivity index is 1.94. The average Bonchev–Trinajstić information content (AvgIpc) is 2.90. The molecule has 2 aromatic rings. The number of nitrogens with zero attached hydrogens (tertiary/aromatic N) is 2. The largest absolute Gasteiger partial charge is 0.399 e. The summed E-state index contributed by atoms with van der Waals surface area (Å²) in [6.07, 6.45) is 3.63. The Bertz CT molecular complexity index is 662. The van der Waals surface area contributed by atoms with Crippen molar-refractivity contribution in [3.63, 3.8) is 0 Å². The number of hydrogen-bond acceptors (Lipinski definition) is 4. The molecule has 0 atom stereocenters. The quantitative estimate of drug-likeness (QED) is 0.778. The molecule has 0 spiro atoms. The number of imidazole rings is 1. The molecular weight excluding hydrogens is 276 g/mol. The van der Waals surface area contributed by atoms with Crippen LogP contribution in [-0.2, 0) is 23.0 Å². The molecule has 1 aromatic carbocycles. The Kier molecular flexibility index (Phi) is 4.41. The summed E-state index contributed by atoms with van der Waals surface area (Å²) in [5, 5.41) is 0.0525. The SMILES string of the molecule is CCn1cnc(S(=O)(=O)NCCc2ccc(N)cc2)c1. The zero-order valence-corrected chi connectivity index (χ0v) is 12.1.